The Bertz CT molecular complexity index is 567. The molecule has 2 aromatic rings. The summed E-state index contributed by atoms with van der Waals surface area (Å²) in [6, 6.07) is 14.7. The normalized spacial score (nSPS) is 10.9. The van der Waals surface area contributed by atoms with Gasteiger partial charge >= 0.3 is 0 Å². The van der Waals surface area contributed by atoms with Crippen molar-refractivity contribution in [3.05, 3.63) is 59.3 Å². The first-order chi connectivity index (χ1) is 10.1. The van der Waals surface area contributed by atoms with Crippen LogP contribution >= 0.6 is 11.6 Å². The maximum absolute atomic E-state index is 6.01. The number of aromatic nitrogens is 1. The van der Waals surface area contributed by atoms with Crippen molar-refractivity contribution in [2.24, 2.45) is 0 Å². The van der Waals surface area contributed by atoms with Crippen LogP contribution in [0.25, 0.3) is 0 Å². The summed E-state index contributed by atoms with van der Waals surface area (Å²) in [5.41, 5.74) is 3.59. The highest BCUT2D eigenvalue weighted by Crippen LogP contribution is 2.21. The second kappa shape index (κ2) is 7.46. The van der Waals surface area contributed by atoms with E-state index in [4.69, 9.17) is 16.6 Å². The van der Waals surface area contributed by atoms with Gasteiger partial charge in [-0.2, -0.15) is 0 Å². The van der Waals surface area contributed by atoms with E-state index in [2.05, 4.69) is 62.2 Å². The molecule has 112 valence electrons. The number of alkyl halides is 1. The smallest absolute Gasteiger partial charge is 0.128 e. The third-order valence-corrected chi connectivity index (χ3v) is 3.92. The molecule has 0 aliphatic carbocycles. The summed E-state index contributed by atoms with van der Waals surface area (Å²) in [6.07, 6.45) is 1.02. The standard InChI is InChI=1S/C18H23ClN2/c1-14(2)17-11-16(13-19)12-18(20-17)21(3)10-9-15-7-5-4-6-8-15/h4-8,11-12,14H,9-10,13H2,1-3H3. The minimum atomic E-state index is 0.412. The van der Waals surface area contributed by atoms with E-state index in [1.807, 2.05) is 6.07 Å². The van der Waals surface area contributed by atoms with Gasteiger partial charge in [-0.3, -0.25) is 0 Å². The van der Waals surface area contributed by atoms with Crippen LogP contribution in [-0.4, -0.2) is 18.6 Å². The van der Waals surface area contributed by atoms with Crippen LogP contribution in [0.4, 0.5) is 5.82 Å². The van der Waals surface area contributed by atoms with E-state index in [1.165, 1.54) is 5.56 Å². The molecule has 2 rings (SSSR count). The summed E-state index contributed by atoms with van der Waals surface area (Å²) in [7, 11) is 2.09. The van der Waals surface area contributed by atoms with Crippen molar-refractivity contribution < 1.29 is 0 Å². The topological polar surface area (TPSA) is 16.1 Å². The van der Waals surface area contributed by atoms with Crippen LogP contribution in [0.15, 0.2) is 42.5 Å². The van der Waals surface area contributed by atoms with Gasteiger partial charge in [-0.1, -0.05) is 44.2 Å². The Balaban J connectivity index is 2.11. The lowest BCUT2D eigenvalue weighted by atomic mass is 10.1. The number of anilines is 1. The summed E-state index contributed by atoms with van der Waals surface area (Å²) >= 11 is 6.01. The monoisotopic (exact) mass is 302 g/mol. The van der Waals surface area contributed by atoms with Crippen molar-refractivity contribution in [2.75, 3.05) is 18.5 Å². The largest absolute Gasteiger partial charge is 0.359 e. The molecule has 21 heavy (non-hydrogen) atoms. The van der Waals surface area contributed by atoms with Crippen molar-refractivity contribution in [1.82, 2.24) is 4.98 Å². The zero-order chi connectivity index (χ0) is 15.2. The van der Waals surface area contributed by atoms with Crippen molar-refractivity contribution in [1.29, 1.82) is 0 Å². The first-order valence-electron chi connectivity index (χ1n) is 7.42. The highest BCUT2D eigenvalue weighted by Gasteiger charge is 2.09. The highest BCUT2D eigenvalue weighted by atomic mass is 35.5. The van der Waals surface area contributed by atoms with Crippen LogP contribution in [0.2, 0.25) is 0 Å². The van der Waals surface area contributed by atoms with Crippen LogP contribution in [0.1, 0.15) is 36.6 Å². The average Bonchev–Trinajstić information content (AvgIpc) is 2.53. The minimum absolute atomic E-state index is 0.412. The molecule has 0 saturated carbocycles. The molecule has 0 amide bonds. The van der Waals surface area contributed by atoms with Gasteiger partial charge in [0.25, 0.3) is 0 Å². The fourth-order valence-corrected chi connectivity index (χ4v) is 2.37. The molecule has 0 aliphatic rings. The Labute approximate surface area is 132 Å². The SMILES string of the molecule is CC(C)c1cc(CCl)cc(N(C)CCc2ccccc2)n1. The predicted molar refractivity (Wildman–Crippen MR) is 91.3 cm³/mol. The lowest BCUT2D eigenvalue weighted by Gasteiger charge is -2.20. The van der Waals surface area contributed by atoms with E-state index in [0.717, 1.165) is 30.0 Å². The molecule has 0 aliphatic heterocycles. The van der Waals surface area contributed by atoms with Crippen molar-refractivity contribution in [2.45, 2.75) is 32.1 Å². The number of pyridine rings is 1. The molecule has 2 nitrogen and oxygen atoms in total. The molecule has 0 bridgehead atoms. The zero-order valence-electron chi connectivity index (χ0n) is 13.0. The molecule has 0 fully saturated rings. The second-order valence-electron chi connectivity index (χ2n) is 5.70. The highest BCUT2D eigenvalue weighted by molar-refractivity contribution is 6.17. The van der Waals surface area contributed by atoms with Gasteiger partial charge < -0.3 is 4.90 Å². The van der Waals surface area contributed by atoms with Crippen LogP contribution in [0, 0.1) is 0 Å². The molecule has 3 heteroatoms. The zero-order valence-corrected chi connectivity index (χ0v) is 13.8. The van der Waals surface area contributed by atoms with E-state index in [9.17, 15) is 0 Å². The van der Waals surface area contributed by atoms with Crippen molar-refractivity contribution >= 4 is 17.4 Å². The molecular weight excluding hydrogens is 280 g/mol. The van der Waals surface area contributed by atoms with Gasteiger partial charge in [-0.25, -0.2) is 4.98 Å². The van der Waals surface area contributed by atoms with Gasteiger partial charge in [-0.15, -0.1) is 11.6 Å². The first-order valence-corrected chi connectivity index (χ1v) is 7.95. The van der Waals surface area contributed by atoms with E-state index in [-0.39, 0.29) is 0 Å². The van der Waals surface area contributed by atoms with Crippen LogP contribution in [0.3, 0.4) is 0 Å². The summed E-state index contributed by atoms with van der Waals surface area (Å²) in [5, 5.41) is 0. The van der Waals surface area contributed by atoms with E-state index < -0.39 is 0 Å². The van der Waals surface area contributed by atoms with Crippen LogP contribution in [0.5, 0.6) is 0 Å². The Morgan fingerprint density at radius 3 is 2.43 bits per heavy atom. The Morgan fingerprint density at radius 2 is 1.81 bits per heavy atom. The molecule has 1 aromatic carbocycles. The molecular formula is C18H23ClN2. The van der Waals surface area contributed by atoms with E-state index in [0.29, 0.717) is 11.8 Å². The Kier molecular flexibility index (Phi) is 5.63. The van der Waals surface area contributed by atoms with Crippen molar-refractivity contribution in [3.63, 3.8) is 0 Å². The molecule has 1 aromatic heterocycles. The number of hydrogen-bond donors (Lipinski definition) is 0. The second-order valence-corrected chi connectivity index (χ2v) is 5.97. The number of hydrogen-bond acceptors (Lipinski definition) is 2. The van der Waals surface area contributed by atoms with E-state index >= 15 is 0 Å². The number of halogens is 1. The van der Waals surface area contributed by atoms with Crippen LogP contribution < -0.4 is 4.90 Å². The maximum Gasteiger partial charge on any atom is 0.128 e. The molecule has 0 spiro atoms. The molecule has 0 N–H and O–H groups in total. The van der Waals surface area contributed by atoms with Gasteiger partial charge in [0.1, 0.15) is 5.82 Å². The van der Waals surface area contributed by atoms with Gasteiger partial charge in [0, 0.05) is 25.2 Å². The maximum atomic E-state index is 6.01. The first kappa shape index (κ1) is 15.8. The Hall–Kier alpha value is -1.54. The molecule has 1 heterocycles. The lowest BCUT2D eigenvalue weighted by Crippen LogP contribution is -2.22. The summed E-state index contributed by atoms with van der Waals surface area (Å²) < 4.78 is 0. The molecule has 0 atom stereocenters. The minimum Gasteiger partial charge on any atom is -0.359 e. The van der Waals surface area contributed by atoms with Gasteiger partial charge in [0.2, 0.25) is 0 Å². The molecule has 0 saturated heterocycles. The van der Waals surface area contributed by atoms with E-state index in [1.54, 1.807) is 0 Å². The van der Waals surface area contributed by atoms with Crippen LogP contribution in [-0.2, 0) is 12.3 Å². The average molecular weight is 303 g/mol. The number of rotatable bonds is 6. The molecule has 0 radical (unpaired) electrons. The summed E-state index contributed by atoms with van der Waals surface area (Å²) in [6.45, 7) is 5.27. The predicted octanol–water partition coefficient (Wildman–Crippen LogP) is 4.62. The van der Waals surface area contributed by atoms with Gasteiger partial charge in [-0.05, 0) is 35.6 Å². The Morgan fingerprint density at radius 1 is 1.10 bits per heavy atom. The third kappa shape index (κ3) is 4.47. The van der Waals surface area contributed by atoms with Gasteiger partial charge in [0.15, 0.2) is 0 Å². The quantitative estimate of drug-likeness (QED) is 0.724. The third-order valence-electron chi connectivity index (χ3n) is 3.61. The van der Waals surface area contributed by atoms with Crippen molar-refractivity contribution in [3.8, 4) is 0 Å². The lowest BCUT2D eigenvalue weighted by molar-refractivity contribution is 0.798. The summed E-state index contributed by atoms with van der Waals surface area (Å²) in [4.78, 5) is 6.96. The fraction of sp³-hybridized carbons (Fsp3) is 0.389. The number of nitrogens with zero attached hydrogens (tertiary/aromatic N) is 2. The number of benzene rings is 1. The van der Waals surface area contributed by atoms with Gasteiger partial charge in [0.05, 0.1) is 0 Å². The number of likely N-dealkylation sites (N-methyl/N-ethyl adjacent to an activating group) is 1. The molecule has 0 unspecified atom stereocenters. The fourth-order valence-electron chi connectivity index (χ4n) is 2.22. The summed E-state index contributed by atoms with van der Waals surface area (Å²) in [5.74, 6) is 1.95.